The molecule has 106 valence electrons. The zero-order valence-electron chi connectivity index (χ0n) is 12.1. The van der Waals surface area contributed by atoms with Crippen LogP contribution in [0.5, 0.6) is 0 Å². The lowest BCUT2D eigenvalue weighted by atomic mass is 10.1. The molecule has 20 heavy (non-hydrogen) atoms. The van der Waals surface area contributed by atoms with Gasteiger partial charge in [-0.3, -0.25) is 4.79 Å². The molecule has 1 aromatic carbocycles. The maximum atomic E-state index is 12.1. The van der Waals surface area contributed by atoms with Gasteiger partial charge in [0, 0.05) is 6.54 Å². The second kappa shape index (κ2) is 6.32. The van der Waals surface area contributed by atoms with Gasteiger partial charge in [0.1, 0.15) is 11.6 Å². The number of carbonyl (C=O) groups is 1. The average Bonchev–Trinajstić information content (AvgIpc) is 2.75. The van der Waals surface area contributed by atoms with Crippen molar-refractivity contribution in [2.75, 3.05) is 0 Å². The standard InChI is InChI=1S/C15H20N4O/c1-11(10-19-13(3)17-12(2)18-19)15(20)16-9-14-7-5-4-6-8-14/h4-8,11H,9-10H2,1-3H3,(H,16,20)/t11-/m1/s1. The van der Waals surface area contributed by atoms with Crippen LogP contribution in [0.1, 0.15) is 24.1 Å². The lowest BCUT2D eigenvalue weighted by Gasteiger charge is -2.13. The Balaban J connectivity index is 1.87. The number of aromatic nitrogens is 3. The summed E-state index contributed by atoms with van der Waals surface area (Å²) in [7, 11) is 0. The minimum Gasteiger partial charge on any atom is -0.352 e. The van der Waals surface area contributed by atoms with Crippen molar-refractivity contribution in [3.8, 4) is 0 Å². The van der Waals surface area contributed by atoms with Crippen LogP contribution in [0.4, 0.5) is 0 Å². The van der Waals surface area contributed by atoms with Gasteiger partial charge in [0.05, 0.1) is 12.5 Å². The molecule has 1 N–H and O–H groups in total. The predicted octanol–water partition coefficient (Wildman–Crippen LogP) is 1.85. The second-order valence-electron chi connectivity index (χ2n) is 4.99. The first-order valence-corrected chi connectivity index (χ1v) is 6.76. The Labute approximate surface area is 119 Å². The highest BCUT2D eigenvalue weighted by Gasteiger charge is 2.15. The van der Waals surface area contributed by atoms with Crippen molar-refractivity contribution in [1.29, 1.82) is 0 Å². The first kappa shape index (κ1) is 14.2. The Hall–Kier alpha value is -2.17. The van der Waals surface area contributed by atoms with E-state index >= 15 is 0 Å². The molecular formula is C15H20N4O. The summed E-state index contributed by atoms with van der Waals surface area (Å²) >= 11 is 0. The third-order valence-corrected chi connectivity index (χ3v) is 3.17. The van der Waals surface area contributed by atoms with Crippen molar-refractivity contribution in [3.63, 3.8) is 0 Å². The number of aryl methyl sites for hydroxylation is 2. The third-order valence-electron chi connectivity index (χ3n) is 3.17. The molecule has 2 aromatic rings. The van der Waals surface area contributed by atoms with E-state index in [1.54, 1.807) is 4.68 Å². The van der Waals surface area contributed by atoms with Crippen LogP contribution in [0.2, 0.25) is 0 Å². The molecule has 0 fully saturated rings. The summed E-state index contributed by atoms with van der Waals surface area (Å²) in [4.78, 5) is 16.3. The molecule has 0 spiro atoms. The number of nitrogens with one attached hydrogen (secondary N) is 1. The molecule has 5 heteroatoms. The molecule has 2 rings (SSSR count). The monoisotopic (exact) mass is 272 g/mol. The maximum absolute atomic E-state index is 12.1. The van der Waals surface area contributed by atoms with E-state index in [1.807, 2.05) is 51.1 Å². The highest BCUT2D eigenvalue weighted by atomic mass is 16.1. The van der Waals surface area contributed by atoms with Crippen LogP contribution in [-0.2, 0) is 17.9 Å². The van der Waals surface area contributed by atoms with Crippen molar-refractivity contribution in [3.05, 3.63) is 47.5 Å². The minimum atomic E-state index is -0.140. The summed E-state index contributed by atoms with van der Waals surface area (Å²) in [6.07, 6.45) is 0. The zero-order valence-corrected chi connectivity index (χ0v) is 12.1. The van der Waals surface area contributed by atoms with E-state index in [1.165, 1.54) is 0 Å². The molecule has 5 nitrogen and oxygen atoms in total. The number of hydrogen-bond donors (Lipinski definition) is 1. The number of benzene rings is 1. The van der Waals surface area contributed by atoms with E-state index in [0.29, 0.717) is 13.1 Å². The fourth-order valence-corrected chi connectivity index (χ4v) is 2.04. The van der Waals surface area contributed by atoms with Crippen LogP contribution in [-0.4, -0.2) is 20.7 Å². The van der Waals surface area contributed by atoms with Crippen molar-refractivity contribution >= 4 is 5.91 Å². The minimum absolute atomic E-state index is 0.0291. The summed E-state index contributed by atoms with van der Waals surface area (Å²) in [6, 6.07) is 9.88. The molecule has 1 atom stereocenters. The Morgan fingerprint density at radius 2 is 2.00 bits per heavy atom. The SMILES string of the molecule is Cc1nc(C)n(C[C@@H](C)C(=O)NCc2ccccc2)n1. The Kier molecular flexibility index (Phi) is 4.50. The van der Waals surface area contributed by atoms with Gasteiger partial charge in [0.2, 0.25) is 5.91 Å². The van der Waals surface area contributed by atoms with Gasteiger partial charge in [0.15, 0.2) is 0 Å². The van der Waals surface area contributed by atoms with Crippen molar-refractivity contribution in [2.24, 2.45) is 5.92 Å². The van der Waals surface area contributed by atoms with Crippen LogP contribution < -0.4 is 5.32 Å². The van der Waals surface area contributed by atoms with Crippen LogP contribution in [0, 0.1) is 19.8 Å². The predicted molar refractivity (Wildman–Crippen MR) is 76.9 cm³/mol. The second-order valence-corrected chi connectivity index (χ2v) is 4.99. The van der Waals surface area contributed by atoms with Crippen LogP contribution in [0.25, 0.3) is 0 Å². The number of nitrogens with zero attached hydrogens (tertiary/aromatic N) is 3. The number of hydrogen-bond acceptors (Lipinski definition) is 3. The van der Waals surface area contributed by atoms with Gasteiger partial charge in [-0.05, 0) is 19.4 Å². The summed E-state index contributed by atoms with van der Waals surface area (Å²) in [6.45, 7) is 6.75. The third kappa shape index (κ3) is 3.66. The first-order chi connectivity index (χ1) is 9.56. The molecule has 0 aliphatic rings. The smallest absolute Gasteiger partial charge is 0.224 e. The highest BCUT2D eigenvalue weighted by molar-refractivity contribution is 5.78. The van der Waals surface area contributed by atoms with E-state index in [0.717, 1.165) is 17.2 Å². The lowest BCUT2D eigenvalue weighted by Crippen LogP contribution is -2.31. The van der Waals surface area contributed by atoms with Gasteiger partial charge in [-0.2, -0.15) is 5.10 Å². The quantitative estimate of drug-likeness (QED) is 0.903. The molecule has 0 saturated carbocycles. The molecule has 0 aliphatic heterocycles. The van der Waals surface area contributed by atoms with Gasteiger partial charge < -0.3 is 5.32 Å². The highest BCUT2D eigenvalue weighted by Crippen LogP contribution is 2.05. The van der Waals surface area contributed by atoms with E-state index < -0.39 is 0 Å². The molecule has 1 heterocycles. The maximum Gasteiger partial charge on any atom is 0.224 e. The topological polar surface area (TPSA) is 59.8 Å². The largest absolute Gasteiger partial charge is 0.352 e. The average molecular weight is 272 g/mol. The Morgan fingerprint density at radius 3 is 2.60 bits per heavy atom. The van der Waals surface area contributed by atoms with Gasteiger partial charge in [-0.15, -0.1) is 0 Å². The Bertz CT molecular complexity index is 577. The van der Waals surface area contributed by atoms with Gasteiger partial charge in [-0.25, -0.2) is 9.67 Å². The Morgan fingerprint density at radius 1 is 1.30 bits per heavy atom. The van der Waals surface area contributed by atoms with Crippen molar-refractivity contribution < 1.29 is 4.79 Å². The first-order valence-electron chi connectivity index (χ1n) is 6.76. The van der Waals surface area contributed by atoms with Gasteiger partial charge in [0.25, 0.3) is 0 Å². The molecule has 0 bridgehead atoms. The molecule has 1 aromatic heterocycles. The van der Waals surface area contributed by atoms with E-state index in [2.05, 4.69) is 15.4 Å². The normalized spacial score (nSPS) is 12.2. The van der Waals surface area contributed by atoms with E-state index in [-0.39, 0.29) is 11.8 Å². The molecule has 0 unspecified atom stereocenters. The zero-order chi connectivity index (χ0) is 14.5. The fourth-order valence-electron chi connectivity index (χ4n) is 2.04. The van der Waals surface area contributed by atoms with Gasteiger partial charge >= 0.3 is 0 Å². The summed E-state index contributed by atoms with van der Waals surface area (Å²) < 4.78 is 1.78. The van der Waals surface area contributed by atoms with Crippen molar-refractivity contribution in [2.45, 2.75) is 33.9 Å². The van der Waals surface area contributed by atoms with E-state index in [4.69, 9.17) is 0 Å². The summed E-state index contributed by atoms with van der Waals surface area (Å²) in [5, 5.41) is 7.22. The number of rotatable bonds is 5. The van der Waals surface area contributed by atoms with Crippen molar-refractivity contribution in [1.82, 2.24) is 20.1 Å². The van der Waals surface area contributed by atoms with E-state index in [9.17, 15) is 4.79 Å². The van der Waals surface area contributed by atoms with Crippen LogP contribution in [0.3, 0.4) is 0 Å². The van der Waals surface area contributed by atoms with Crippen LogP contribution in [0.15, 0.2) is 30.3 Å². The summed E-state index contributed by atoms with van der Waals surface area (Å²) in [5.74, 6) is 1.46. The van der Waals surface area contributed by atoms with Crippen LogP contribution >= 0.6 is 0 Å². The van der Waals surface area contributed by atoms with Gasteiger partial charge in [-0.1, -0.05) is 37.3 Å². The molecule has 0 radical (unpaired) electrons. The number of amides is 1. The lowest BCUT2D eigenvalue weighted by molar-refractivity contribution is -0.125. The summed E-state index contributed by atoms with van der Waals surface area (Å²) in [5.41, 5.74) is 1.10. The molecule has 0 saturated heterocycles. The molecule has 1 amide bonds. The molecular weight excluding hydrogens is 252 g/mol. The number of carbonyl (C=O) groups excluding carboxylic acids is 1. The molecule has 0 aliphatic carbocycles. The fraction of sp³-hybridized carbons (Fsp3) is 0.400.